The van der Waals surface area contributed by atoms with Crippen molar-refractivity contribution in [3.63, 3.8) is 0 Å². The fourth-order valence-corrected chi connectivity index (χ4v) is 1.96. The molecule has 0 aliphatic carbocycles. The monoisotopic (exact) mass is 291 g/mol. The van der Waals surface area contributed by atoms with E-state index in [2.05, 4.69) is 10.6 Å². The summed E-state index contributed by atoms with van der Waals surface area (Å²) >= 11 is 0. The molecule has 0 aliphatic heterocycles. The van der Waals surface area contributed by atoms with Gasteiger partial charge in [0.15, 0.2) is 0 Å². The molecule has 2 amide bonds. The number of likely N-dealkylation sites (N-methyl/N-ethyl adjacent to an activating group) is 1. The number of nitrogens with one attached hydrogen (secondary N) is 2. The summed E-state index contributed by atoms with van der Waals surface area (Å²) in [5.74, 6) is -0.168. The quantitative estimate of drug-likeness (QED) is 0.805. The number of para-hydroxylation sites is 1. The largest absolute Gasteiger partial charge is 0.353 e. The highest BCUT2D eigenvalue weighted by molar-refractivity contribution is 5.93. The van der Waals surface area contributed by atoms with Crippen molar-refractivity contribution in [1.82, 2.24) is 10.2 Å². The summed E-state index contributed by atoms with van der Waals surface area (Å²) < 4.78 is 0. The van der Waals surface area contributed by atoms with Crippen LogP contribution in [0.15, 0.2) is 24.3 Å². The summed E-state index contributed by atoms with van der Waals surface area (Å²) in [6.45, 7) is 8.80. The van der Waals surface area contributed by atoms with Gasteiger partial charge < -0.3 is 10.6 Å². The first-order valence-electron chi connectivity index (χ1n) is 7.29. The van der Waals surface area contributed by atoms with Crippen molar-refractivity contribution in [1.29, 1.82) is 0 Å². The number of hydrogen-bond acceptors (Lipinski definition) is 3. The van der Waals surface area contributed by atoms with Gasteiger partial charge in [0, 0.05) is 11.7 Å². The molecule has 0 aliphatic rings. The molecule has 0 aromatic heterocycles. The van der Waals surface area contributed by atoms with Crippen LogP contribution in [0.25, 0.3) is 0 Å². The van der Waals surface area contributed by atoms with E-state index in [0.29, 0.717) is 6.54 Å². The minimum absolute atomic E-state index is 0.0597. The Morgan fingerprint density at radius 2 is 1.76 bits per heavy atom. The molecule has 2 N–H and O–H groups in total. The Kier molecular flexibility index (Phi) is 6.88. The van der Waals surface area contributed by atoms with Crippen LogP contribution in [0, 0.1) is 6.92 Å². The van der Waals surface area contributed by atoms with E-state index in [9.17, 15) is 9.59 Å². The Balaban J connectivity index is 2.51. The lowest BCUT2D eigenvalue weighted by molar-refractivity contribution is -0.123. The van der Waals surface area contributed by atoms with Crippen LogP contribution in [-0.4, -0.2) is 42.4 Å². The number of amides is 2. The minimum Gasteiger partial charge on any atom is -0.353 e. The zero-order chi connectivity index (χ0) is 15.8. The van der Waals surface area contributed by atoms with E-state index in [0.717, 1.165) is 11.3 Å². The van der Waals surface area contributed by atoms with Crippen molar-refractivity contribution < 1.29 is 9.59 Å². The first-order chi connectivity index (χ1) is 9.92. The molecule has 5 heteroatoms. The third kappa shape index (κ3) is 6.40. The Morgan fingerprint density at radius 3 is 2.33 bits per heavy atom. The fraction of sp³-hybridized carbons (Fsp3) is 0.500. The standard InChI is InChI=1S/C16H25N3O2/c1-5-19(10-15(20)17-12(2)3)11-16(21)18-14-9-7-6-8-13(14)4/h6-9,12H,5,10-11H2,1-4H3,(H,17,20)(H,18,21). The average molecular weight is 291 g/mol. The molecule has 0 heterocycles. The van der Waals surface area contributed by atoms with Crippen molar-refractivity contribution in [3.8, 4) is 0 Å². The van der Waals surface area contributed by atoms with Gasteiger partial charge in [0.2, 0.25) is 11.8 Å². The maximum atomic E-state index is 12.1. The first-order valence-corrected chi connectivity index (χ1v) is 7.29. The molecule has 0 spiro atoms. The summed E-state index contributed by atoms with van der Waals surface area (Å²) in [6, 6.07) is 7.74. The Hall–Kier alpha value is -1.88. The number of benzene rings is 1. The smallest absolute Gasteiger partial charge is 0.238 e. The Labute approximate surface area is 126 Å². The maximum Gasteiger partial charge on any atom is 0.238 e. The molecule has 116 valence electrons. The highest BCUT2D eigenvalue weighted by Crippen LogP contribution is 2.12. The van der Waals surface area contributed by atoms with Crippen molar-refractivity contribution in [2.75, 3.05) is 25.0 Å². The zero-order valence-electron chi connectivity index (χ0n) is 13.3. The summed E-state index contributed by atoms with van der Waals surface area (Å²) in [7, 11) is 0. The summed E-state index contributed by atoms with van der Waals surface area (Å²) in [5.41, 5.74) is 1.83. The van der Waals surface area contributed by atoms with Gasteiger partial charge in [-0.25, -0.2) is 0 Å². The molecule has 1 aromatic rings. The lowest BCUT2D eigenvalue weighted by Gasteiger charge is -2.20. The minimum atomic E-state index is -0.108. The van der Waals surface area contributed by atoms with Crippen LogP contribution in [0.5, 0.6) is 0 Å². The van der Waals surface area contributed by atoms with Crippen LogP contribution in [-0.2, 0) is 9.59 Å². The van der Waals surface area contributed by atoms with Gasteiger partial charge in [0.1, 0.15) is 0 Å². The van der Waals surface area contributed by atoms with Gasteiger partial charge in [0.05, 0.1) is 13.1 Å². The third-order valence-corrected chi connectivity index (χ3v) is 3.05. The van der Waals surface area contributed by atoms with Crippen LogP contribution < -0.4 is 10.6 Å². The van der Waals surface area contributed by atoms with Gasteiger partial charge >= 0.3 is 0 Å². The number of carbonyl (C=O) groups is 2. The van der Waals surface area contributed by atoms with Crippen molar-refractivity contribution in [2.45, 2.75) is 33.7 Å². The van der Waals surface area contributed by atoms with Gasteiger partial charge in [-0.3, -0.25) is 14.5 Å². The van der Waals surface area contributed by atoms with E-state index in [4.69, 9.17) is 0 Å². The second kappa shape index (κ2) is 8.42. The number of hydrogen-bond donors (Lipinski definition) is 2. The topological polar surface area (TPSA) is 61.4 Å². The van der Waals surface area contributed by atoms with Crippen molar-refractivity contribution in [2.24, 2.45) is 0 Å². The second-order valence-electron chi connectivity index (χ2n) is 5.39. The van der Waals surface area contributed by atoms with Crippen LogP contribution in [0.1, 0.15) is 26.3 Å². The van der Waals surface area contributed by atoms with Gasteiger partial charge in [-0.2, -0.15) is 0 Å². The first kappa shape index (κ1) is 17.2. The second-order valence-corrected chi connectivity index (χ2v) is 5.39. The van der Waals surface area contributed by atoms with Crippen LogP contribution in [0.3, 0.4) is 0 Å². The normalized spacial score (nSPS) is 10.8. The van der Waals surface area contributed by atoms with Gasteiger partial charge in [0.25, 0.3) is 0 Å². The van der Waals surface area contributed by atoms with E-state index in [-0.39, 0.29) is 30.9 Å². The fourth-order valence-electron chi connectivity index (χ4n) is 1.96. The molecular formula is C16H25N3O2. The van der Waals surface area contributed by atoms with E-state index in [1.807, 2.05) is 56.9 Å². The SMILES string of the molecule is CCN(CC(=O)Nc1ccccc1C)CC(=O)NC(C)C. The van der Waals surface area contributed by atoms with Crippen LogP contribution in [0.4, 0.5) is 5.69 Å². The maximum absolute atomic E-state index is 12.1. The van der Waals surface area contributed by atoms with Gasteiger partial charge in [-0.15, -0.1) is 0 Å². The van der Waals surface area contributed by atoms with Gasteiger partial charge in [-0.05, 0) is 38.9 Å². The predicted molar refractivity (Wildman–Crippen MR) is 85.2 cm³/mol. The number of carbonyl (C=O) groups excluding carboxylic acids is 2. The van der Waals surface area contributed by atoms with Crippen molar-refractivity contribution in [3.05, 3.63) is 29.8 Å². The van der Waals surface area contributed by atoms with E-state index < -0.39 is 0 Å². The lowest BCUT2D eigenvalue weighted by atomic mass is 10.2. The van der Waals surface area contributed by atoms with E-state index in [1.165, 1.54) is 0 Å². The molecule has 1 rings (SSSR count). The van der Waals surface area contributed by atoms with Crippen molar-refractivity contribution >= 4 is 17.5 Å². The Morgan fingerprint density at radius 1 is 1.14 bits per heavy atom. The molecule has 0 saturated carbocycles. The number of rotatable bonds is 7. The molecule has 0 unspecified atom stereocenters. The average Bonchev–Trinajstić information content (AvgIpc) is 2.39. The highest BCUT2D eigenvalue weighted by atomic mass is 16.2. The zero-order valence-corrected chi connectivity index (χ0v) is 13.3. The third-order valence-electron chi connectivity index (χ3n) is 3.05. The molecule has 21 heavy (non-hydrogen) atoms. The number of anilines is 1. The molecular weight excluding hydrogens is 266 g/mol. The highest BCUT2D eigenvalue weighted by Gasteiger charge is 2.14. The summed E-state index contributed by atoms with van der Waals surface area (Å²) in [5, 5.41) is 5.70. The van der Waals surface area contributed by atoms with E-state index >= 15 is 0 Å². The van der Waals surface area contributed by atoms with E-state index in [1.54, 1.807) is 0 Å². The lowest BCUT2D eigenvalue weighted by Crippen LogP contribution is -2.42. The molecule has 1 aromatic carbocycles. The molecule has 0 atom stereocenters. The number of aryl methyl sites for hydroxylation is 1. The molecule has 0 fully saturated rings. The summed E-state index contributed by atoms with van der Waals surface area (Å²) in [4.78, 5) is 25.6. The van der Waals surface area contributed by atoms with Gasteiger partial charge in [-0.1, -0.05) is 25.1 Å². The van der Waals surface area contributed by atoms with Crippen LogP contribution >= 0.6 is 0 Å². The molecule has 5 nitrogen and oxygen atoms in total. The Bertz CT molecular complexity index is 486. The molecule has 0 bridgehead atoms. The number of nitrogens with zero attached hydrogens (tertiary/aromatic N) is 1. The molecule has 0 radical (unpaired) electrons. The molecule has 0 saturated heterocycles. The predicted octanol–water partition coefficient (Wildman–Crippen LogP) is 1.78. The summed E-state index contributed by atoms with van der Waals surface area (Å²) in [6.07, 6.45) is 0. The van der Waals surface area contributed by atoms with Crippen LogP contribution in [0.2, 0.25) is 0 Å².